The number of carbonyl (C=O) groups excluding carboxylic acids is 2. The summed E-state index contributed by atoms with van der Waals surface area (Å²) in [7, 11) is 0. The molecular weight excluding hydrogens is 427 g/mol. The van der Waals surface area contributed by atoms with Crippen LogP contribution in [0.1, 0.15) is 46.3 Å². The van der Waals surface area contributed by atoms with Crippen LogP contribution in [0.3, 0.4) is 0 Å². The third-order valence-electron chi connectivity index (χ3n) is 5.75. The van der Waals surface area contributed by atoms with Gasteiger partial charge in [-0.3, -0.25) is 9.59 Å². The molecule has 0 bridgehead atoms. The average molecular weight is 453 g/mol. The van der Waals surface area contributed by atoms with Gasteiger partial charge in [-0.25, -0.2) is 9.37 Å². The van der Waals surface area contributed by atoms with Gasteiger partial charge in [-0.05, 0) is 48.6 Å². The van der Waals surface area contributed by atoms with E-state index in [-0.39, 0.29) is 36.1 Å². The Morgan fingerprint density at radius 3 is 2.97 bits per heavy atom. The molecular formula is C24H25FN4O2S. The summed E-state index contributed by atoms with van der Waals surface area (Å²) in [4.78, 5) is 30.2. The fraction of sp³-hybridized carbons (Fsp3) is 0.292. The van der Waals surface area contributed by atoms with Crippen LogP contribution in [0.15, 0.2) is 41.9 Å². The highest BCUT2D eigenvalue weighted by molar-refractivity contribution is 7.14. The maximum atomic E-state index is 13.5. The van der Waals surface area contributed by atoms with E-state index in [0.29, 0.717) is 24.2 Å². The molecule has 1 unspecified atom stereocenters. The van der Waals surface area contributed by atoms with Crippen molar-refractivity contribution in [3.05, 3.63) is 70.0 Å². The van der Waals surface area contributed by atoms with Crippen molar-refractivity contribution in [1.29, 1.82) is 0 Å². The molecule has 1 aromatic carbocycles. The number of halogens is 1. The second-order valence-corrected chi connectivity index (χ2v) is 9.00. The summed E-state index contributed by atoms with van der Waals surface area (Å²) in [6.45, 7) is 4.18. The van der Waals surface area contributed by atoms with Crippen molar-refractivity contribution in [2.75, 3.05) is 11.9 Å². The molecule has 166 valence electrons. The van der Waals surface area contributed by atoms with E-state index in [0.717, 1.165) is 27.1 Å². The highest BCUT2D eigenvalue weighted by Crippen LogP contribution is 2.42. The predicted octanol–water partition coefficient (Wildman–Crippen LogP) is 4.00. The van der Waals surface area contributed by atoms with Crippen molar-refractivity contribution in [2.45, 2.75) is 38.6 Å². The summed E-state index contributed by atoms with van der Waals surface area (Å²) in [5, 5.41) is 7.67. The summed E-state index contributed by atoms with van der Waals surface area (Å²) in [6, 6.07) is 7.93. The van der Waals surface area contributed by atoms with Crippen LogP contribution in [0, 0.1) is 12.7 Å². The highest BCUT2D eigenvalue weighted by atomic mass is 32.1. The second-order valence-electron chi connectivity index (χ2n) is 8.12. The number of aromatic nitrogens is 1. The number of hydrogen-bond acceptors (Lipinski definition) is 5. The maximum absolute atomic E-state index is 13.5. The van der Waals surface area contributed by atoms with Gasteiger partial charge in [-0.15, -0.1) is 11.3 Å². The number of benzene rings is 1. The first kappa shape index (κ1) is 22.1. The number of nitrogens with two attached hydrogens (primary N) is 1. The molecule has 4 rings (SSSR count). The monoisotopic (exact) mass is 452 g/mol. The number of hydrogen-bond donors (Lipinski definition) is 3. The Labute approximate surface area is 190 Å². The van der Waals surface area contributed by atoms with E-state index in [4.69, 9.17) is 5.73 Å². The van der Waals surface area contributed by atoms with Crippen LogP contribution in [0.25, 0.3) is 10.4 Å². The first-order chi connectivity index (χ1) is 15.4. The molecule has 6 nitrogen and oxygen atoms in total. The van der Waals surface area contributed by atoms with Crippen molar-refractivity contribution in [1.82, 2.24) is 10.3 Å². The second kappa shape index (κ2) is 9.18. The molecule has 0 spiro atoms. The van der Waals surface area contributed by atoms with Crippen LogP contribution < -0.4 is 16.4 Å². The summed E-state index contributed by atoms with van der Waals surface area (Å²) in [6.07, 6.45) is 2.53. The Bertz CT molecular complexity index is 1180. The number of thiophene rings is 1. The summed E-state index contributed by atoms with van der Waals surface area (Å²) < 4.78 is 13.5. The number of anilines is 1. The van der Waals surface area contributed by atoms with Crippen molar-refractivity contribution < 1.29 is 14.0 Å². The average Bonchev–Trinajstić information content (AvgIpc) is 3.13. The molecule has 2 amide bonds. The van der Waals surface area contributed by atoms with Crippen molar-refractivity contribution in [2.24, 2.45) is 5.73 Å². The van der Waals surface area contributed by atoms with Gasteiger partial charge in [0.1, 0.15) is 11.6 Å². The Balaban J connectivity index is 1.57. The maximum Gasteiger partial charge on any atom is 0.252 e. The van der Waals surface area contributed by atoms with Crippen molar-refractivity contribution in [3.63, 3.8) is 0 Å². The van der Waals surface area contributed by atoms with E-state index < -0.39 is 0 Å². The van der Waals surface area contributed by atoms with Gasteiger partial charge < -0.3 is 16.4 Å². The van der Waals surface area contributed by atoms with Gasteiger partial charge in [0.05, 0.1) is 5.56 Å². The van der Waals surface area contributed by atoms with Crippen LogP contribution in [0.2, 0.25) is 0 Å². The number of rotatable bonds is 6. The van der Waals surface area contributed by atoms with Gasteiger partial charge in [-0.2, -0.15) is 0 Å². The van der Waals surface area contributed by atoms with Crippen LogP contribution in [-0.2, 0) is 11.2 Å². The molecule has 1 aliphatic rings. The number of carbonyl (C=O) groups is 2. The lowest BCUT2D eigenvalue weighted by Crippen LogP contribution is -2.41. The zero-order valence-electron chi connectivity index (χ0n) is 17.9. The molecule has 0 aliphatic carbocycles. The third kappa shape index (κ3) is 4.42. The van der Waals surface area contributed by atoms with Gasteiger partial charge in [0.15, 0.2) is 0 Å². The van der Waals surface area contributed by atoms with E-state index >= 15 is 0 Å². The van der Waals surface area contributed by atoms with Gasteiger partial charge in [0.25, 0.3) is 5.91 Å². The minimum Gasteiger partial charge on any atom is -0.348 e. The fourth-order valence-electron chi connectivity index (χ4n) is 4.14. The zero-order valence-corrected chi connectivity index (χ0v) is 18.8. The highest BCUT2D eigenvalue weighted by Gasteiger charge is 2.28. The smallest absolute Gasteiger partial charge is 0.252 e. The lowest BCUT2D eigenvalue weighted by atomic mass is 9.89. The number of nitrogens with zero attached hydrogens (tertiary/aromatic N) is 1. The van der Waals surface area contributed by atoms with Gasteiger partial charge in [0, 0.05) is 46.6 Å². The Morgan fingerprint density at radius 1 is 1.41 bits per heavy atom. The molecule has 0 fully saturated rings. The molecule has 8 heteroatoms. The number of nitrogens with one attached hydrogen (secondary N) is 2. The van der Waals surface area contributed by atoms with Crippen LogP contribution >= 0.6 is 11.3 Å². The largest absolute Gasteiger partial charge is 0.348 e. The van der Waals surface area contributed by atoms with E-state index in [2.05, 4.69) is 15.6 Å². The standard InChI is InChI=1S/C24H25FN4O2S/c1-13-8-20(30)29-23-21(13)18(6-7-27-23)22-14(2)19(12-32-22)24(31)28-17(11-26)10-15-4-3-5-16(25)9-15/h3-7,9,12-13,17H,8,10-11,26H2,1-2H3,(H,28,31)(H,27,29,30)/t13-,17?/m0/s1. The Kier molecular flexibility index (Phi) is 6.34. The fourth-order valence-corrected chi connectivity index (χ4v) is 5.26. The van der Waals surface area contributed by atoms with E-state index in [1.54, 1.807) is 12.3 Å². The molecule has 32 heavy (non-hydrogen) atoms. The molecule has 1 aliphatic heterocycles. The van der Waals surface area contributed by atoms with Gasteiger partial charge in [0.2, 0.25) is 5.91 Å². The molecule has 3 aromatic rings. The predicted molar refractivity (Wildman–Crippen MR) is 124 cm³/mol. The van der Waals surface area contributed by atoms with Crippen LogP contribution in [0.4, 0.5) is 10.2 Å². The molecule has 2 atom stereocenters. The Hall–Kier alpha value is -3.10. The first-order valence-corrected chi connectivity index (χ1v) is 11.4. The summed E-state index contributed by atoms with van der Waals surface area (Å²) >= 11 is 1.49. The van der Waals surface area contributed by atoms with Crippen molar-refractivity contribution in [3.8, 4) is 10.4 Å². The number of amides is 2. The third-order valence-corrected chi connectivity index (χ3v) is 6.87. The van der Waals surface area contributed by atoms with E-state index in [1.165, 1.54) is 23.5 Å². The van der Waals surface area contributed by atoms with Crippen LogP contribution in [-0.4, -0.2) is 29.4 Å². The van der Waals surface area contributed by atoms with E-state index in [1.807, 2.05) is 31.4 Å². The summed E-state index contributed by atoms with van der Waals surface area (Å²) in [5.74, 6) is 0.0661. The molecule has 0 saturated heterocycles. The summed E-state index contributed by atoms with van der Waals surface area (Å²) in [5.41, 5.74) is 10.1. The number of pyridine rings is 1. The van der Waals surface area contributed by atoms with Gasteiger partial charge >= 0.3 is 0 Å². The molecule has 3 heterocycles. The topological polar surface area (TPSA) is 97.1 Å². The Morgan fingerprint density at radius 2 is 2.22 bits per heavy atom. The first-order valence-electron chi connectivity index (χ1n) is 10.5. The van der Waals surface area contributed by atoms with Crippen LogP contribution in [0.5, 0.6) is 0 Å². The van der Waals surface area contributed by atoms with E-state index in [9.17, 15) is 14.0 Å². The zero-order chi connectivity index (χ0) is 22.8. The minimum atomic E-state index is -0.311. The molecule has 0 saturated carbocycles. The lowest BCUT2D eigenvalue weighted by Gasteiger charge is -2.24. The minimum absolute atomic E-state index is 0.0362. The van der Waals surface area contributed by atoms with Crippen molar-refractivity contribution >= 4 is 29.0 Å². The number of fused-ring (bicyclic) bond motifs is 1. The lowest BCUT2D eigenvalue weighted by molar-refractivity contribution is -0.116. The van der Waals surface area contributed by atoms with Gasteiger partial charge in [-0.1, -0.05) is 19.1 Å². The molecule has 0 radical (unpaired) electrons. The molecule has 2 aromatic heterocycles. The normalized spacial score (nSPS) is 16.2. The SMILES string of the molecule is Cc1c(C(=O)NC(CN)Cc2cccc(F)c2)csc1-c1ccnc2c1[C@@H](C)CC(=O)N2. The quantitative estimate of drug-likeness (QED) is 0.527. The molecule has 4 N–H and O–H groups in total.